The smallest absolute Gasteiger partial charge is 0.0198 e. The zero-order valence-electron chi connectivity index (χ0n) is 12.7. The number of nitrogens with zero attached hydrogens (tertiary/aromatic N) is 1. The van der Waals surface area contributed by atoms with Crippen molar-refractivity contribution >= 4 is 0 Å². The van der Waals surface area contributed by atoms with Crippen molar-refractivity contribution in [3.05, 3.63) is 0 Å². The molecule has 0 bridgehead atoms. The van der Waals surface area contributed by atoms with Crippen LogP contribution in [0.2, 0.25) is 0 Å². The van der Waals surface area contributed by atoms with Crippen molar-refractivity contribution in [3.63, 3.8) is 0 Å². The Bertz CT molecular complexity index is 268. The van der Waals surface area contributed by atoms with Gasteiger partial charge in [0.1, 0.15) is 0 Å². The first-order valence-electron chi connectivity index (χ1n) is 8.82. The molecule has 0 spiro atoms. The zero-order chi connectivity index (χ0) is 13.1. The Morgan fingerprint density at radius 2 is 1.74 bits per heavy atom. The molecule has 3 rings (SSSR count). The predicted molar refractivity (Wildman–Crippen MR) is 81.4 cm³/mol. The fourth-order valence-corrected chi connectivity index (χ4v) is 4.08. The maximum Gasteiger partial charge on any atom is 0.0198 e. The van der Waals surface area contributed by atoms with Crippen LogP contribution in [0.1, 0.15) is 64.7 Å². The van der Waals surface area contributed by atoms with Gasteiger partial charge in [-0.05, 0) is 50.5 Å². The van der Waals surface area contributed by atoms with E-state index in [1.807, 2.05) is 0 Å². The van der Waals surface area contributed by atoms with Crippen molar-refractivity contribution in [1.82, 2.24) is 10.2 Å². The van der Waals surface area contributed by atoms with Gasteiger partial charge in [-0.2, -0.15) is 0 Å². The fraction of sp³-hybridized carbons (Fsp3) is 1.00. The molecule has 0 aromatic rings. The van der Waals surface area contributed by atoms with Gasteiger partial charge in [-0.15, -0.1) is 0 Å². The van der Waals surface area contributed by atoms with E-state index in [2.05, 4.69) is 17.1 Å². The van der Waals surface area contributed by atoms with Crippen molar-refractivity contribution in [2.24, 2.45) is 11.8 Å². The summed E-state index contributed by atoms with van der Waals surface area (Å²) in [6.07, 6.45) is 13.1. The van der Waals surface area contributed by atoms with Gasteiger partial charge in [0, 0.05) is 25.2 Å². The van der Waals surface area contributed by atoms with Crippen LogP contribution in [0.4, 0.5) is 0 Å². The highest BCUT2D eigenvalue weighted by Crippen LogP contribution is 2.30. The number of likely N-dealkylation sites (tertiary alicyclic amines) is 1. The Kier molecular flexibility index (Phi) is 4.81. The highest BCUT2D eigenvalue weighted by atomic mass is 15.2. The molecule has 1 saturated heterocycles. The van der Waals surface area contributed by atoms with Crippen LogP contribution in [0.15, 0.2) is 0 Å². The second-order valence-electron chi connectivity index (χ2n) is 7.30. The molecule has 2 aliphatic carbocycles. The summed E-state index contributed by atoms with van der Waals surface area (Å²) in [7, 11) is 0. The number of hydrogen-bond donors (Lipinski definition) is 1. The SMILES string of the molecule is CCC1CC(NCC2CC2)CN(C2CCCCC2)C1. The lowest BCUT2D eigenvalue weighted by Crippen LogP contribution is -2.53. The molecule has 1 N–H and O–H groups in total. The van der Waals surface area contributed by atoms with E-state index in [9.17, 15) is 0 Å². The molecule has 1 heterocycles. The molecule has 2 heteroatoms. The van der Waals surface area contributed by atoms with Crippen LogP contribution in [0, 0.1) is 11.8 Å². The van der Waals surface area contributed by atoms with Gasteiger partial charge in [0.2, 0.25) is 0 Å². The average Bonchev–Trinajstić information content (AvgIpc) is 3.30. The van der Waals surface area contributed by atoms with Gasteiger partial charge in [0.15, 0.2) is 0 Å². The third kappa shape index (κ3) is 3.95. The van der Waals surface area contributed by atoms with Gasteiger partial charge in [0.25, 0.3) is 0 Å². The Hall–Kier alpha value is -0.0800. The number of nitrogens with one attached hydrogen (secondary N) is 1. The molecule has 3 fully saturated rings. The number of hydrogen-bond acceptors (Lipinski definition) is 2. The van der Waals surface area contributed by atoms with Gasteiger partial charge in [-0.1, -0.05) is 32.6 Å². The second kappa shape index (κ2) is 6.58. The van der Waals surface area contributed by atoms with Crippen molar-refractivity contribution in [3.8, 4) is 0 Å². The van der Waals surface area contributed by atoms with E-state index in [1.165, 1.54) is 77.4 Å². The van der Waals surface area contributed by atoms with Gasteiger partial charge in [-0.3, -0.25) is 4.90 Å². The largest absolute Gasteiger partial charge is 0.312 e. The minimum atomic E-state index is 0.779. The van der Waals surface area contributed by atoms with Crippen LogP contribution < -0.4 is 5.32 Å². The molecule has 0 radical (unpaired) electrons. The molecule has 2 saturated carbocycles. The Balaban J connectivity index is 1.52. The molecule has 19 heavy (non-hydrogen) atoms. The first kappa shape index (κ1) is 13.9. The van der Waals surface area contributed by atoms with E-state index in [0.29, 0.717) is 0 Å². The van der Waals surface area contributed by atoms with Gasteiger partial charge in [0.05, 0.1) is 0 Å². The van der Waals surface area contributed by atoms with E-state index in [1.54, 1.807) is 0 Å². The van der Waals surface area contributed by atoms with Crippen LogP contribution in [-0.4, -0.2) is 36.6 Å². The molecule has 0 aromatic heterocycles. The molecular formula is C17H32N2. The zero-order valence-corrected chi connectivity index (χ0v) is 12.7. The average molecular weight is 264 g/mol. The molecule has 3 aliphatic rings. The van der Waals surface area contributed by atoms with E-state index in [-0.39, 0.29) is 0 Å². The summed E-state index contributed by atoms with van der Waals surface area (Å²) in [5.41, 5.74) is 0. The number of rotatable bonds is 5. The van der Waals surface area contributed by atoms with Gasteiger partial charge >= 0.3 is 0 Å². The highest BCUT2D eigenvalue weighted by molar-refractivity contribution is 4.89. The van der Waals surface area contributed by atoms with Crippen molar-refractivity contribution in [2.75, 3.05) is 19.6 Å². The molecular weight excluding hydrogens is 232 g/mol. The maximum absolute atomic E-state index is 3.88. The summed E-state index contributed by atoms with van der Waals surface area (Å²) < 4.78 is 0. The van der Waals surface area contributed by atoms with Crippen molar-refractivity contribution in [1.29, 1.82) is 0 Å². The summed E-state index contributed by atoms with van der Waals surface area (Å²) >= 11 is 0. The van der Waals surface area contributed by atoms with Crippen LogP contribution in [0.5, 0.6) is 0 Å². The van der Waals surface area contributed by atoms with E-state index in [4.69, 9.17) is 0 Å². The standard InChI is InChI=1S/C17H32N2/c1-2-14-10-16(18-11-15-8-9-15)13-19(12-14)17-6-4-3-5-7-17/h14-18H,2-13H2,1H3. The number of piperidine rings is 1. The third-order valence-electron chi connectivity index (χ3n) is 5.63. The van der Waals surface area contributed by atoms with Crippen LogP contribution in [0.3, 0.4) is 0 Å². The summed E-state index contributed by atoms with van der Waals surface area (Å²) in [5.74, 6) is 1.96. The lowest BCUT2D eigenvalue weighted by atomic mass is 9.87. The molecule has 2 atom stereocenters. The van der Waals surface area contributed by atoms with Crippen LogP contribution in [0.25, 0.3) is 0 Å². The molecule has 0 aromatic carbocycles. The Morgan fingerprint density at radius 1 is 0.947 bits per heavy atom. The highest BCUT2D eigenvalue weighted by Gasteiger charge is 2.32. The molecule has 1 aliphatic heterocycles. The lowest BCUT2D eigenvalue weighted by molar-refractivity contribution is 0.0759. The molecule has 2 unspecified atom stereocenters. The van der Waals surface area contributed by atoms with Crippen LogP contribution in [-0.2, 0) is 0 Å². The van der Waals surface area contributed by atoms with Gasteiger partial charge in [-0.25, -0.2) is 0 Å². The van der Waals surface area contributed by atoms with Crippen LogP contribution >= 0.6 is 0 Å². The summed E-state index contributed by atoms with van der Waals surface area (Å²) in [5, 5.41) is 3.88. The minimum absolute atomic E-state index is 0.779. The van der Waals surface area contributed by atoms with E-state index < -0.39 is 0 Å². The molecule has 110 valence electrons. The quantitative estimate of drug-likeness (QED) is 0.818. The summed E-state index contributed by atoms with van der Waals surface area (Å²) in [6, 6.07) is 1.69. The third-order valence-corrected chi connectivity index (χ3v) is 5.63. The lowest BCUT2D eigenvalue weighted by Gasteiger charge is -2.43. The first-order valence-corrected chi connectivity index (χ1v) is 8.82. The maximum atomic E-state index is 3.88. The van der Waals surface area contributed by atoms with E-state index in [0.717, 1.165) is 23.9 Å². The predicted octanol–water partition coefficient (Wildman–Crippen LogP) is 3.42. The molecule has 2 nitrogen and oxygen atoms in total. The topological polar surface area (TPSA) is 15.3 Å². The van der Waals surface area contributed by atoms with E-state index >= 15 is 0 Å². The fourth-order valence-electron chi connectivity index (χ4n) is 4.08. The normalized spacial score (nSPS) is 34.6. The minimum Gasteiger partial charge on any atom is -0.312 e. The molecule has 0 amide bonds. The van der Waals surface area contributed by atoms with Crippen molar-refractivity contribution < 1.29 is 0 Å². The Morgan fingerprint density at radius 3 is 2.42 bits per heavy atom. The second-order valence-corrected chi connectivity index (χ2v) is 7.30. The Labute approximate surface area is 119 Å². The monoisotopic (exact) mass is 264 g/mol. The summed E-state index contributed by atoms with van der Waals surface area (Å²) in [6.45, 7) is 6.38. The van der Waals surface area contributed by atoms with Gasteiger partial charge < -0.3 is 5.32 Å². The summed E-state index contributed by atoms with van der Waals surface area (Å²) in [4.78, 5) is 2.85. The van der Waals surface area contributed by atoms with Crippen molar-refractivity contribution in [2.45, 2.75) is 76.8 Å². The first-order chi connectivity index (χ1) is 9.35.